The zero-order valence-corrected chi connectivity index (χ0v) is 22.0. The van der Waals surface area contributed by atoms with E-state index in [1.165, 1.54) is 22.9 Å². The minimum Gasteiger partial charge on any atom is -0.351 e. The molecule has 0 unspecified atom stereocenters. The zero-order chi connectivity index (χ0) is 26.2. The van der Waals surface area contributed by atoms with E-state index < -0.39 is 0 Å². The van der Waals surface area contributed by atoms with Gasteiger partial charge in [-0.1, -0.05) is 89.2 Å². The molecule has 3 aromatic carbocycles. The van der Waals surface area contributed by atoms with Crippen LogP contribution in [0.1, 0.15) is 39.6 Å². The highest BCUT2D eigenvalue weighted by Gasteiger charge is 2.22. The molecule has 0 spiro atoms. The Balaban J connectivity index is 1.34. The molecule has 0 saturated heterocycles. The van der Waals surface area contributed by atoms with Crippen molar-refractivity contribution >= 4 is 29.3 Å². The third-order valence-electron chi connectivity index (χ3n) is 6.05. The Morgan fingerprint density at radius 2 is 1.50 bits per heavy atom. The van der Waals surface area contributed by atoms with Crippen LogP contribution in [0.2, 0.25) is 5.02 Å². The van der Waals surface area contributed by atoms with E-state index >= 15 is 0 Å². The van der Waals surface area contributed by atoms with Gasteiger partial charge in [-0.15, -0.1) is 5.10 Å². The second kappa shape index (κ2) is 12.5. The van der Waals surface area contributed by atoms with Crippen LogP contribution in [0.4, 0.5) is 0 Å². The Morgan fingerprint density at radius 1 is 0.868 bits per heavy atom. The highest BCUT2D eigenvalue weighted by molar-refractivity contribution is 7.98. The van der Waals surface area contributed by atoms with Crippen LogP contribution in [0.3, 0.4) is 0 Å². The Hall–Kier alpha value is -4.01. The van der Waals surface area contributed by atoms with Crippen LogP contribution in [0.5, 0.6) is 0 Å². The number of hydrogen-bond donors (Lipinski definition) is 1. The largest absolute Gasteiger partial charge is 0.351 e. The lowest BCUT2D eigenvalue weighted by atomic mass is 9.88. The number of aromatic nitrogens is 5. The summed E-state index contributed by atoms with van der Waals surface area (Å²) in [5.41, 5.74) is 4.12. The van der Waals surface area contributed by atoms with Gasteiger partial charge in [0.05, 0.1) is 11.4 Å². The Kier molecular flexibility index (Phi) is 8.42. The molecule has 38 heavy (non-hydrogen) atoms. The normalized spacial score (nSPS) is 11.0. The Morgan fingerprint density at radius 3 is 2.13 bits per heavy atom. The Bertz CT molecular complexity index is 1420. The maximum Gasteiger partial charge on any atom is 0.273 e. The van der Waals surface area contributed by atoms with Gasteiger partial charge in [-0.2, -0.15) is 0 Å². The molecular weight excluding hydrogens is 516 g/mol. The molecule has 0 atom stereocenters. The first-order chi connectivity index (χ1) is 18.7. The molecule has 1 amide bonds. The summed E-state index contributed by atoms with van der Waals surface area (Å²) in [6.07, 6.45) is 4.12. The molecule has 0 radical (unpaired) electrons. The van der Waals surface area contributed by atoms with Gasteiger partial charge >= 0.3 is 0 Å². The minimum atomic E-state index is -0.269. The van der Waals surface area contributed by atoms with Crippen molar-refractivity contribution in [3.63, 3.8) is 0 Å². The molecule has 0 fully saturated rings. The number of halogens is 1. The number of nitrogens with one attached hydrogen (secondary N) is 1. The topological polar surface area (TPSA) is 85.6 Å². The van der Waals surface area contributed by atoms with Crippen LogP contribution < -0.4 is 5.32 Å². The molecule has 190 valence electrons. The van der Waals surface area contributed by atoms with E-state index in [1.54, 1.807) is 35.3 Å². The fraction of sp³-hybridized carbons (Fsp3) is 0.138. The number of amides is 1. The van der Waals surface area contributed by atoms with Crippen molar-refractivity contribution in [3.8, 4) is 5.69 Å². The van der Waals surface area contributed by atoms with Crippen molar-refractivity contribution in [2.24, 2.45) is 0 Å². The van der Waals surface area contributed by atoms with E-state index in [1.807, 2.05) is 48.5 Å². The number of nitrogens with zero attached hydrogens (tertiary/aromatic N) is 5. The molecular formula is C29H25ClN6OS. The van der Waals surface area contributed by atoms with Crippen LogP contribution in [0.15, 0.2) is 109 Å². The van der Waals surface area contributed by atoms with Gasteiger partial charge in [0, 0.05) is 35.6 Å². The van der Waals surface area contributed by atoms with Crippen molar-refractivity contribution < 1.29 is 4.79 Å². The van der Waals surface area contributed by atoms with E-state index in [9.17, 15) is 4.79 Å². The second-order valence-corrected chi connectivity index (χ2v) is 9.89. The van der Waals surface area contributed by atoms with Crippen LogP contribution in [0.25, 0.3) is 5.69 Å². The number of carbonyl (C=O) groups excluding carboxylic acids is 1. The van der Waals surface area contributed by atoms with Gasteiger partial charge < -0.3 is 5.32 Å². The second-order valence-electron chi connectivity index (χ2n) is 8.51. The average molecular weight is 541 g/mol. The van der Waals surface area contributed by atoms with Gasteiger partial charge in [0.1, 0.15) is 0 Å². The van der Waals surface area contributed by atoms with Crippen LogP contribution in [-0.4, -0.2) is 37.4 Å². The lowest BCUT2D eigenvalue weighted by Gasteiger charge is -2.18. The molecule has 0 bridgehead atoms. The van der Waals surface area contributed by atoms with E-state index in [2.05, 4.69) is 49.9 Å². The Labute approximate surface area is 230 Å². The predicted octanol–water partition coefficient (Wildman–Crippen LogP) is 5.96. The molecule has 9 heteroatoms. The quantitative estimate of drug-likeness (QED) is 0.174. The van der Waals surface area contributed by atoms with Crippen molar-refractivity contribution in [3.05, 3.63) is 131 Å². The smallest absolute Gasteiger partial charge is 0.273 e. The summed E-state index contributed by atoms with van der Waals surface area (Å²) in [6.45, 7) is 0.482. The number of thioether (sulfide) groups is 1. The summed E-state index contributed by atoms with van der Waals surface area (Å²) < 4.78 is 1.66. The SMILES string of the molecule is O=C(NCCC(c1ccccc1)c1ccccc1)c1nnn(-c2ccc(Cl)cc2)c1CSc1ncccn1. The lowest BCUT2D eigenvalue weighted by Crippen LogP contribution is -2.27. The summed E-state index contributed by atoms with van der Waals surface area (Å²) in [6, 6.07) is 29.7. The van der Waals surface area contributed by atoms with Gasteiger partial charge in [-0.3, -0.25) is 4.79 Å². The molecule has 7 nitrogen and oxygen atoms in total. The summed E-state index contributed by atoms with van der Waals surface area (Å²) in [5.74, 6) is 0.307. The summed E-state index contributed by atoms with van der Waals surface area (Å²) in [7, 11) is 0. The fourth-order valence-electron chi connectivity index (χ4n) is 4.20. The van der Waals surface area contributed by atoms with Crippen molar-refractivity contribution in [1.82, 2.24) is 30.3 Å². The maximum atomic E-state index is 13.3. The number of hydrogen-bond acceptors (Lipinski definition) is 6. The predicted molar refractivity (Wildman–Crippen MR) is 150 cm³/mol. The van der Waals surface area contributed by atoms with E-state index in [0.717, 1.165) is 12.1 Å². The molecule has 1 N–H and O–H groups in total. The first-order valence-electron chi connectivity index (χ1n) is 12.2. The summed E-state index contributed by atoms with van der Waals surface area (Å²) in [4.78, 5) is 21.9. The molecule has 0 saturated carbocycles. The molecule has 2 heterocycles. The standard InChI is InChI=1S/C29H25ClN6OS/c30-23-12-14-24(15-13-23)36-26(20-38-29-32-17-7-18-33-29)27(34-35-36)28(37)31-19-16-25(21-8-3-1-4-9-21)22-10-5-2-6-11-22/h1-15,17-18,25H,16,19-20H2,(H,31,37). The van der Waals surface area contributed by atoms with Crippen molar-refractivity contribution in [2.75, 3.05) is 6.54 Å². The number of carbonyl (C=O) groups is 1. The number of benzene rings is 3. The van der Waals surface area contributed by atoms with Crippen molar-refractivity contribution in [1.29, 1.82) is 0 Å². The summed E-state index contributed by atoms with van der Waals surface area (Å²) >= 11 is 7.49. The van der Waals surface area contributed by atoms with Gasteiger partial charge in [0.25, 0.3) is 5.91 Å². The highest BCUT2D eigenvalue weighted by Crippen LogP contribution is 2.28. The summed E-state index contributed by atoms with van der Waals surface area (Å²) in [5, 5.41) is 12.8. The van der Waals surface area contributed by atoms with E-state index in [4.69, 9.17) is 11.6 Å². The third-order valence-corrected chi connectivity index (χ3v) is 7.19. The van der Waals surface area contributed by atoms with Gasteiger partial charge in [-0.25, -0.2) is 14.6 Å². The zero-order valence-electron chi connectivity index (χ0n) is 20.4. The van der Waals surface area contributed by atoms with Crippen LogP contribution >= 0.6 is 23.4 Å². The molecule has 0 aliphatic heterocycles. The molecule has 5 rings (SSSR count). The lowest BCUT2D eigenvalue weighted by molar-refractivity contribution is 0.0947. The van der Waals surface area contributed by atoms with E-state index in [0.29, 0.717) is 28.2 Å². The average Bonchev–Trinajstić information content (AvgIpc) is 3.40. The van der Waals surface area contributed by atoms with Crippen LogP contribution in [-0.2, 0) is 5.75 Å². The van der Waals surface area contributed by atoms with E-state index in [-0.39, 0.29) is 17.5 Å². The van der Waals surface area contributed by atoms with Crippen LogP contribution in [0, 0.1) is 0 Å². The molecule has 0 aliphatic rings. The highest BCUT2D eigenvalue weighted by atomic mass is 35.5. The number of rotatable bonds is 10. The van der Waals surface area contributed by atoms with Gasteiger partial charge in [-0.05, 0) is 47.9 Å². The van der Waals surface area contributed by atoms with Gasteiger partial charge in [0.15, 0.2) is 10.9 Å². The third kappa shape index (κ3) is 6.27. The fourth-order valence-corrected chi connectivity index (χ4v) is 5.12. The molecule has 5 aromatic rings. The van der Waals surface area contributed by atoms with Crippen molar-refractivity contribution in [2.45, 2.75) is 23.2 Å². The van der Waals surface area contributed by atoms with Gasteiger partial charge in [0.2, 0.25) is 0 Å². The monoisotopic (exact) mass is 540 g/mol. The minimum absolute atomic E-state index is 0.160. The maximum absolute atomic E-state index is 13.3. The molecule has 0 aliphatic carbocycles. The first kappa shape index (κ1) is 25.6. The first-order valence-corrected chi connectivity index (χ1v) is 13.5. The molecule has 2 aromatic heterocycles.